The molecule has 1 aliphatic carbocycles. The predicted octanol–water partition coefficient (Wildman–Crippen LogP) is 1.20. The average molecular weight is 563 g/mol. The van der Waals surface area contributed by atoms with E-state index in [-0.39, 0.29) is 37.3 Å². The van der Waals surface area contributed by atoms with E-state index in [4.69, 9.17) is 25.4 Å². The van der Waals surface area contributed by atoms with Gasteiger partial charge in [-0.05, 0) is 56.4 Å². The van der Waals surface area contributed by atoms with Crippen molar-refractivity contribution in [2.24, 2.45) is 11.7 Å². The first-order chi connectivity index (χ1) is 19.1. The minimum Gasteiger partial charge on any atom is -0.481 e. The summed E-state index contributed by atoms with van der Waals surface area (Å²) < 4.78 is 9.88. The Morgan fingerprint density at radius 3 is 2.33 bits per heavy atom. The summed E-state index contributed by atoms with van der Waals surface area (Å²) in [7, 11) is 0. The number of esters is 2. The number of carboxylic acid groups (broad SMARTS) is 2. The van der Waals surface area contributed by atoms with E-state index in [2.05, 4.69) is 10.6 Å². The average Bonchev–Trinajstić information content (AvgIpc) is 3.60. The summed E-state index contributed by atoms with van der Waals surface area (Å²) in [4.78, 5) is 58.9. The van der Waals surface area contributed by atoms with Crippen LogP contribution in [0.2, 0.25) is 0 Å². The zero-order valence-corrected chi connectivity index (χ0v) is 22.3. The molecule has 40 heavy (non-hydrogen) atoms. The van der Waals surface area contributed by atoms with Gasteiger partial charge < -0.3 is 35.6 Å². The van der Waals surface area contributed by atoms with Crippen LogP contribution in [-0.2, 0) is 35.3 Å². The highest BCUT2D eigenvalue weighted by atomic mass is 16.6. The lowest BCUT2D eigenvalue weighted by atomic mass is 9.81. The van der Waals surface area contributed by atoms with Crippen molar-refractivity contribution in [1.82, 2.24) is 15.5 Å². The van der Waals surface area contributed by atoms with Gasteiger partial charge in [0.15, 0.2) is 0 Å². The molecule has 6 N–H and O–H groups in total. The number of amides is 2. The second kappa shape index (κ2) is 15.2. The number of ether oxygens (including phenoxy) is 2. The first kappa shape index (κ1) is 30.8. The number of aliphatic carboxylic acids is 1. The number of nitrogens with one attached hydrogen (secondary N) is 2. The minimum atomic E-state index is -1.18. The largest absolute Gasteiger partial charge is 0.481 e. The summed E-state index contributed by atoms with van der Waals surface area (Å²) in [5, 5.41) is 22.6. The number of cyclic esters (lactones) is 1. The maximum atomic E-state index is 12.4. The molecule has 0 radical (unpaired) electrons. The number of likely N-dealkylation sites (tertiary alicyclic amines) is 1. The van der Waals surface area contributed by atoms with Gasteiger partial charge >= 0.3 is 24.0 Å². The fraction of sp³-hybridized carbons (Fsp3) is 0.593. The fourth-order valence-corrected chi connectivity index (χ4v) is 5.00. The quantitative estimate of drug-likeness (QED) is 0.271. The normalized spacial score (nSPS) is 24.7. The second-order valence-electron chi connectivity index (χ2n) is 10.2. The van der Waals surface area contributed by atoms with Crippen molar-refractivity contribution in [3.05, 3.63) is 35.9 Å². The molecule has 220 valence electrons. The maximum Gasteiger partial charge on any atom is 0.405 e. The third-order valence-electron chi connectivity index (χ3n) is 7.21. The van der Waals surface area contributed by atoms with E-state index in [0.717, 1.165) is 57.2 Å². The third kappa shape index (κ3) is 9.49. The molecule has 4 rings (SSSR count). The van der Waals surface area contributed by atoms with Crippen LogP contribution < -0.4 is 16.4 Å². The van der Waals surface area contributed by atoms with Crippen LogP contribution in [0.25, 0.3) is 0 Å². The van der Waals surface area contributed by atoms with Crippen LogP contribution in [0.1, 0.15) is 56.9 Å². The van der Waals surface area contributed by atoms with Crippen LogP contribution in [0.4, 0.5) is 4.79 Å². The van der Waals surface area contributed by atoms with Crippen molar-refractivity contribution in [1.29, 1.82) is 0 Å². The lowest BCUT2D eigenvalue weighted by Crippen LogP contribution is -2.52. The van der Waals surface area contributed by atoms with Gasteiger partial charge in [-0.15, -0.1) is 0 Å². The molecule has 3 atom stereocenters. The van der Waals surface area contributed by atoms with Gasteiger partial charge in [0.2, 0.25) is 5.91 Å². The van der Waals surface area contributed by atoms with E-state index in [1.54, 1.807) is 17.0 Å². The Morgan fingerprint density at radius 1 is 1.07 bits per heavy atom. The van der Waals surface area contributed by atoms with Crippen LogP contribution in [0.5, 0.6) is 0 Å². The number of nitrogens with two attached hydrogens (primary N) is 1. The van der Waals surface area contributed by atoms with E-state index in [1.807, 2.05) is 18.2 Å². The van der Waals surface area contributed by atoms with E-state index >= 15 is 0 Å². The summed E-state index contributed by atoms with van der Waals surface area (Å²) in [5.74, 6) is -2.33. The molecular weight excluding hydrogens is 524 g/mol. The molecule has 13 heteroatoms. The Bertz CT molecular complexity index is 1020. The highest BCUT2D eigenvalue weighted by Gasteiger charge is 2.39. The van der Waals surface area contributed by atoms with E-state index < -0.39 is 42.3 Å². The summed E-state index contributed by atoms with van der Waals surface area (Å²) in [5.41, 5.74) is 6.68. The number of hydrogen-bond acceptors (Lipinski definition) is 9. The zero-order chi connectivity index (χ0) is 29.1. The van der Waals surface area contributed by atoms with E-state index in [1.165, 1.54) is 0 Å². The molecular formula is C27H38N4O9. The van der Waals surface area contributed by atoms with Crippen molar-refractivity contribution in [3.63, 3.8) is 0 Å². The number of hydrogen-bond donors (Lipinski definition) is 5. The van der Waals surface area contributed by atoms with Gasteiger partial charge in [0.05, 0.1) is 0 Å². The highest BCUT2D eigenvalue weighted by molar-refractivity contribution is 5.86. The molecule has 2 aliphatic heterocycles. The molecule has 1 aromatic carbocycles. The van der Waals surface area contributed by atoms with Crippen LogP contribution in [0.3, 0.4) is 0 Å². The molecule has 0 spiro atoms. The summed E-state index contributed by atoms with van der Waals surface area (Å²) in [6.45, 7) is 1.58. The molecule has 1 unspecified atom stereocenters. The smallest absolute Gasteiger partial charge is 0.405 e. The number of carbonyl (C=O) groups excluding carboxylic acids is 3. The number of nitrogens with zero attached hydrogens (tertiary/aromatic N) is 1. The second-order valence-corrected chi connectivity index (χ2v) is 10.2. The molecule has 0 aromatic heterocycles. The highest BCUT2D eigenvalue weighted by Crippen LogP contribution is 2.27. The van der Waals surface area contributed by atoms with Crippen molar-refractivity contribution in [3.8, 4) is 0 Å². The molecule has 2 heterocycles. The molecule has 3 aliphatic rings. The monoisotopic (exact) mass is 562 g/mol. The molecule has 1 saturated carbocycles. The number of benzene rings is 1. The molecule has 3 fully saturated rings. The lowest BCUT2D eigenvalue weighted by Gasteiger charge is -2.33. The SMILES string of the molecule is N[C@H]1CC[C@@H]([C@H](NC(=O)O)C(=O)N2CCCC2)CC1.O=C(O)CCC1N[C@H](C(=O)OCc2ccccc2)OC1=O. The number of carboxylic acids is 1. The first-order valence-corrected chi connectivity index (χ1v) is 13.6. The van der Waals surface area contributed by atoms with Gasteiger partial charge in [0.25, 0.3) is 6.23 Å². The van der Waals surface area contributed by atoms with Gasteiger partial charge in [-0.3, -0.25) is 19.7 Å². The van der Waals surface area contributed by atoms with Crippen LogP contribution >= 0.6 is 0 Å². The van der Waals surface area contributed by atoms with E-state index in [0.29, 0.717) is 0 Å². The van der Waals surface area contributed by atoms with Crippen molar-refractivity contribution in [2.45, 2.75) is 82.3 Å². The Kier molecular flexibility index (Phi) is 11.7. The minimum absolute atomic E-state index is 0.0552. The van der Waals surface area contributed by atoms with Gasteiger partial charge in [0.1, 0.15) is 18.7 Å². The lowest BCUT2D eigenvalue weighted by molar-refractivity contribution is -0.163. The standard InChI is InChI=1S/C14H15NO6.C13H23N3O3/c16-11(17)7-6-10-13(18)21-12(15-10)14(19)20-8-9-4-2-1-3-5-9;14-10-5-3-9(4-6-10)11(15-13(18)19)12(17)16-7-1-2-8-16/h1-5,10,12,15H,6-8H2,(H,16,17);9-11,15H,1-8,14H2,(H,18,19)/t10?,12-;9-,10+,11-/m00/s1. The summed E-state index contributed by atoms with van der Waals surface area (Å²) in [6.07, 6.45) is 3.01. The predicted molar refractivity (Wildman–Crippen MR) is 141 cm³/mol. The van der Waals surface area contributed by atoms with Crippen molar-refractivity contribution >= 4 is 29.9 Å². The van der Waals surface area contributed by atoms with Crippen LogP contribution in [0, 0.1) is 5.92 Å². The van der Waals surface area contributed by atoms with Gasteiger partial charge in [0, 0.05) is 25.6 Å². The van der Waals surface area contributed by atoms with Crippen LogP contribution in [-0.4, -0.2) is 82.5 Å². The van der Waals surface area contributed by atoms with Gasteiger partial charge in [-0.25, -0.2) is 9.59 Å². The third-order valence-corrected chi connectivity index (χ3v) is 7.21. The zero-order valence-electron chi connectivity index (χ0n) is 22.3. The number of rotatable bonds is 9. The molecule has 0 bridgehead atoms. The van der Waals surface area contributed by atoms with Crippen molar-refractivity contribution in [2.75, 3.05) is 13.1 Å². The Hall–Kier alpha value is -3.71. The fourth-order valence-electron chi connectivity index (χ4n) is 5.00. The molecule has 13 nitrogen and oxygen atoms in total. The van der Waals surface area contributed by atoms with Crippen molar-refractivity contribution < 1.29 is 43.7 Å². The first-order valence-electron chi connectivity index (χ1n) is 13.6. The Morgan fingerprint density at radius 2 is 1.73 bits per heavy atom. The Labute approximate surface area is 232 Å². The van der Waals surface area contributed by atoms with Gasteiger partial charge in [-0.2, -0.15) is 0 Å². The van der Waals surface area contributed by atoms with E-state index in [9.17, 15) is 24.0 Å². The van der Waals surface area contributed by atoms with Gasteiger partial charge in [-0.1, -0.05) is 30.3 Å². The molecule has 2 amide bonds. The topological polar surface area (TPSA) is 198 Å². The van der Waals surface area contributed by atoms with Crippen LogP contribution in [0.15, 0.2) is 30.3 Å². The molecule has 1 aromatic rings. The summed E-state index contributed by atoms with van der Waals surface area (Å²) >= 11 is 0. The summed E-state index contributed by atoms with van der Waals surface area (Å²) in [6, 6.07) is 7.90. The number of carbonyl (C=O) groups is 5. The molecule has 2 saturated heterocycles. The maximum absolute atomic E-state index is 12.4. The Balaban J connectivity index is 0.000000222.